The first-order valence-corrected chi connectivity index (χ1v) is 10.6. The van der Waals surface area contributed by atoms with E-state index in [2.05, 4.69) is 38.1 Å². The molecule has 0 unspecified atom stereocenters. The molecule has 1 amide bonds. The normalized spacial score (nSPS) is 15.8. The zero-order valence-electron chi connectivity index (χ0n) is 17.1. The standard InChI is InChI=1S/C23H24BrF2NO4/c1-29-19-7-2-4-16(21(19)31-22(25)26)8-9-20(28)27-15-23(10-12-30-13-11-23)17-5-3-6-18(24)14-17/h2-9,14,22H,10-13,15H2,1H3,(H,27,28). The number of carbonyl (C=O) groups is 1. The van der Waals surface area contributed by atoms with Crippen molar-refractivity contribution in [2.24, 2.45) is 0 Å². The number of methoxy groups -OCH3 is 1. The fourth-order valence-electron chi connectivity index (χ4n) is 3.67. The first kappa shape index (κ1) is 23.2. The largest absolute Gasteiger partial charge is 0.493 e. The molecule has 0 spiro atoms. The monoisotopic (exact) mass is 495 g/mol. The molecular formula is C23H24BrF2NO4. The lowest BCUT2D eigenvalue weighted by atomic mass is 9.74. The van der Waals surface area contributed by atoms with Gasteiger partial charge in [-0.25, -0.2) is 0 Å². The number of para-hydroxylation sites is 1. The van der Waals surface area contributed by atoms with E-state index in [0.29, 0.717) is 25.3 Å². The first-order valence-electron chi connectivity index (χ1n) is 9.85. The maximum atomic E-state index is 12.8. The number of hydrogen-bond donors (Lipinski definition) is 1. The second-order valence-corrected chi connectivity index (χ2v) is 8.13. The third kappa shape index (κ3) is 6.04. The number of amides is 1. The van der Waals surface area contributed by atoms with Gasteiger partial charge in [0.15, 0.2) is 11.5 Å². The minimum Gasteiger partial charge on any atom is -0.493 e. The van der Waals surface area contributed by atoms with Gasteiger partial charge in [-0.15, -0.1) is 0 Å². The van der Waals surface area contributed by atoms with E-state index >= 15 is 0 Å². The molecule has 0 radical (unpaired) electrons. The van der Waals surface area contributed by atoms with Gasteiger partial charge in [-0.2, -0.15) is 8.78 Å². The Labute approximate surface area is 188 Å². The maximum absolute atomic E-state index is 12.8. The molecule has 0 aliphatic carbocycles. The summed E-state index contributed by atoms with van der Waals surface area (Å²) in [6.07, 6.45) is 4.32. The SMILES string of the molecule is COc1cccc(C=CC(=O)NCC2(c3cccc(Br)c3)CCOCC2)c1OC(F)F. The Balaban J connectivity index is 1.73. The predicted octanol–water partition coefficient (Wildman–Crippen LogP) is 4.94. The van der Waals surface area contributed by atoms with Crippen LogP contribution >= 0.6 is 15.9 Å². The van der Waals surface area contributed by atoms with Crippen LogP contribution in [-0.4, -0.2) is 39.4 Å². The van der Waals surface area contributed by atoms with E-state index in [9.17, 15) is 13.6 Å². The van der Waals surface area contributed by atoms with Crippen molar-refractivity contribution < 1.29 is 27.8 Å². The van der Waals surface area contributed by atoms with Gasteiger partial charge < -0.3 is 19.5 Å². The molecule has 1 heterocycles. The molecule has 0 atom stereocenters. The summed E-state index contributed by atoms with van der Waals surface area (Å²) in [6, 6.07) is 12.8. The molecule has 1 aliphatic rings. The predicted molar refractivity (Wildman–Crippen MR) is 118 cm³/mol. The lowest BCUT2D eigenvalue weighted by Crippen LogP contribution is -2.44. The Morgan fingerprint density at radius 1 is 1.26 bits per heavy atom. The number of ether oxygens (including phenoxy) is 3. The van der Waals surface area contributed by atoms with Gasteiger partial charge in [0.1, 0.15) is 0 Å². The van der Waals surface area contributed by atoms with Crippen LogP contribution in [0.5, 0.6) is 11.5 Å². The second-order valence-electron chi connectivity index (χ2n) is 7.21. The molecule has 1 aliphatic heterocycles. The average molecular weight is 496 g/mol. The fraction of sp³-hybridized carbons (Fsp3) is 0.348. The van der Waals surface area contributed by atoms with Crippen LogP contribution in [0.1, 0.15) is 24.0 Å². The molecule has 0 aromatic heterocycles. The summed E-state index contributed by atoms with van der Waals surface area (Å²) in [7, 11) is 1.36. The van der Waals surface area contributed by atoms with Crippen molar-refractivity contribution in [3.63, 3.8) is 0 Å². The lowest BCUT2D eigenvalue weighted by Gasteiger charge is -2.38. The van der Waals surface area contributed by atoms with Crippen molar-refractivity contribution in [1.82, 2.24) is 5.32 Å². The van der Waals surface area contributed by atoms with Gasteiger partial charge in [0, 0.05) is 41.3 Å². The van der Waals surface area contributed by atoms with Crippen LogP contribution in [0.3, 0.4) is 0 Å². The van der Waals surface area contributed by atoms with E-state index in [1.807, 2.05) is 12.1 Å². The van der Waals surface area contributed by atoms with Gasteiger partial charge in [-0.1, -0.05) is 40.2 Å². The summed E-state index contributed by atoms with van der Waals surface area (Å²) >= 11 is 3.51. The highest BCUT2D eigenvalue weighted by atomic mass is 79.9. The topological polar surface area (TPSA) is 56.8 Å². The number of carbonyl (C=O) groups excluding carboxylic acids is 1. The molecule has 0 saturated carbocycles. The quantitative estimate of drug-likeness (QED) is 0.527. The van der Waals surface area contributed by atoms with Crippen molar-refractivity contribution in [1.29, 1.82) is 0 Å². The van der Waals surface area contributed by atoms with E-state index in [4.69, 9.17) is 9.47 Å². The zero-order valence-corrected chi connectivity index (χ0v) is 18.7. The Kier molecular flexibility index (Phi) is 8.03. The molecule has 5 nitrogen and oxygen atoms in total. The van der Waals surface area contributed by atoms with E-state index in [1.165, 1.54) is 25.3 Å². The van der Waals surface area contributed by atoms with E-state index in [0.717, 1.165) is 22.9 Å². The van der Waals surface area contributed by atoms with Crippen molar-refractivity contribution in [2.75, 3.05) is 26.9 Å². The maximum Gasteiger partial charge on any atom is 0.387 e. The van der Waals surface area contributed by atoms with Crippen LogP contribution in [0, 0.1) is 0 Å². The van der Waals surface area contributed by atoms with Gasteiger partial charge in [0.25, 0.3) is 0 Å². The van der Waals surface area contributed by atoms with Crippen molar-refractivity contribution in [3.8, 4) is 11.5 Å². The Morgan fingerprint density at radius 3 is 2.68 bits per heavy atom. The number of rotatable bonds is 8. The summed E-state index contributed by atoms with van der Waals surface area (Å²) in [5.41, 5.74) is 1.23. The number of benzene rings is 2. The molecule has 8 heteroatoms. The van der Waals surface area contributed by atoms with Crippen molar-refractivity contribution >= 4 is 27.9 Å². The molecule has 31 heavy (non-hydrogen) atoms. The summed E-state index contributed by atoms with van der Waals surface area (Å²) in [4.78, 5) is 12.5. The molecule has 2 aromatic rings. The van der Waals surface area contributed by atoms with Crippen LogP contribution in [-0.2, 0) is 14.9 Å². The summed E-state index contributed by atoms with van der Waals surface area (Å²) in [5, 5.41) is 2.95. The minimum atomic E-state index is -3.00. The lowest BCUT2D eigenvalue weighted by molar-refractivity contribution is -0.116. The summed E-state index contributed by atoms with van der Waals surface area (Å²) < 4.78 is 41.7. The van der Waals surface area contributed by atoms with Gasteiger partial charge in [-0.3, -0.25) is 4.79 Å². The second kappa shape index (κ2) is 10.7. The summed E-state index contributed by atoms with van der Waals surface area (Å²) in [5.74, 6) is -0.274. The molecule has 3 rings (SSSR count). The molecule has 166 valence electrons. The highest BCUT2D eigenvalue weighted by Crippen LogP contribution is 2.36. The third-order valence-corrected chi connectivity index (χ3v) is 5.83. The number of hydrogen-bond acceptors (Lipinski definition) is 4. The molecule has 1 fully saturated rings. The van der Waals surface area contributed by atoms with Crippen LogP contribution in [0.25, 0.3) is 6.08 Å². The minimum absolute atomic E-state index is 0.112. The summed E-state index contributed by atoms with van der Waals surface area (Å²) in [6.45, 7) is -1.32. The zero-order chi connectivity index (χ0) is 22.3. The third-order valence-electron chi connectivity index (χ3n) is 5.34. The van der Waals surface area contributed by atoms with Crippen LogP contribution < -0.4 is 14.8 Å². The van der Waals surface area contributed by atoms with E-state index < -0.39 is 6.61 Å². The van der Waals surface area contributed by atoms with E-state index in [-0.39, 0.29) is 22.8 Å². The number of halogens is 3. The highest BCUT2D eigenvalue weighted by molar-refractivity contribution is 9.10. The van der Waals surface area contributed by atoms with E-state index in [1.54, 1.807) is 12.1 Å². The van der Waals surface area contributed by atoms with Crippen LogP contribution in [0.2, 0.25) is 0 Å². The fourth-order valence-corrected chi connectivity index (χ4v) is 4.07. The van der Waals surface area contributed by atoms with Crippen LogP contribution in [0.4, 0.5) is 8.78 Å². The first-order chi connectivity index (χ1) is 14.9. The molecule has 1 N–H and O–H groups in total. The van der Waals surface area contributed by atoms with Gasteiger partial charge in [0.05, 0.1) is 7.11 Å². The van der Waals surface area contributed by atoms with Crippen molar-refractivity contribution in [2.45, 2.75) is 24.9 Å². The highest BCUT2D eigenvalue weighted by Gasteiger charge is 2.34. The molecule has 2 aromatic carbocycles. The Hall–Kier alpha value is -2.45. The smallest absolute Gasteiger partial charge is 0.387 e. The molecule has 0 bridgehead atoms. The average Bonchev–Trinajstić information content (AvgIpc) is 2.77. The van der Waals surface area contributed by atoms with Crippen molar-refractivity contribution in [3.05, 3.63) is 64.1 Å². The van der Waals surface area contributed by atoms with Gasteiger partial charge in [-0.05, 0) is 42.7 Å². The molecule has 1 saturated heterocycles. The molecular weight excluding hydrogens is 472 g/mol. The number of nitrogens with one attached hydrogen (secondary N) is 1. The Bertz CT molecular complexity index is 930. The van der Waals surface area contributed by atoms with Gasteiger partial charge in [0.2, 0.25) is 5.91 Å². The Morgan fingerprint density at radius 2 is 2.00 bits per heavy atom. The van der Waals surface area contributed by atoms with Crippen LogP contribution in [0.15, 0.2) is 53.0 Å². The number of alkyl halides is 2. The van der Waals surface area contributed by atoms with Gasteiger partial charge >= 0.3 is 6.61 Å².